The number of fused-ring (bicyclic) bond motifs is 6. The predicted octanol–water partition coefficient (Wildman–Crippen LogP) is 14.2. The molecule has 0 aliphatic carbocycles. The van der Waals surface area contributed by atoms with Gasteiger partial charge in [0.05, 0.1) is 22.4 Å². The molecule has 0 N–H and O–H groups in total. The first-order chi connectivity index (χ1) is 29.8. The van der Waals surface area contributed by atoms with E-state index in [9.17, 15) is 0 Å². The third-order valence-electron chi connectivity index (χ3n) is 11.8. The van der Waals surface area contributed by atoms with Crippen LogP contribution in [0.5, 0.6) is 0 Å². The molecule has 60 heavy (non-hydrogen) atoms. The van der Waals surface area contributed by atoms with Crippen LogP contribution in [0.4, 0.5) is 17.1 Å². The number of para-hydroxylation sites is 1. The zero-order chi connectivity index (χ0) is 39.6. The summed E-state index contributed by atoms with van der Waals surface area (Å²) in [5.74, 6) is 1.80. The fraction of sp³-hybridized carbons (Fsp3) is 0. The molecule has 280 valence electrons. The van der Waals surface area contributed by atoms with Gasteiger partial charge >= 0.3 is 0 Å². The molecule has 0 saturated carbocycles. The molecule has 9 aromatic carbocycles. The molecule has 0 bridgehead atoms. The first-order valence-electron chi connectivity index (χ1n) is 20.3. The highest BCUT2D eigenvalue weighted by Crippen LogP contribution is 2.56. The molecule has 12 rings (SSSR count). The van der Waals surface area contributed by atoms with Crippen molar-refractivity contribution >= 4 is 49.6 Å². The Hall–Kier alpha value is -8.15. The molecule has 2 aromatic heterocycles. The Balaban J connectivity index is 1.21. The Bertz CT molecular complexity index is 3340. The highest BCUT2D eigenvalue weighted by Gasteiger charge is 2.31. The minimum atomic E-state index is 0.562. The molecule has 0 saturated heterocycles. The Morgan fingerprint density at radius 3 is 1.53 bits per heavy atom. The normalized spacial score (nSPS) is 12.0. The lowest BCUT2D eigenvalue weighted by molar-refractivity contribution is 0.953. The van der Waals surface area contributed by atoms with Crippen molar-refractivity contribution in [3.8, 4) is 62.1 Å². The molecule has 0 radical (unpaired) electrons. The zero-order valence-electron chi connectivity index (χ0n) is 32.4. The quantitative estimate of drug-likeness (QED) is 0.169. The number of hydrogen-bond acceptors (Lipinski definition) is 4. The molecule has 0 atom stereocenters. The van der Waals surface area contributed by atoms with Crippen LogP contribution in [0.2, 0.25) is 0 Å². The SMILES string of the molecule is c1ccc(-c2ccc3c(c2)c2c4c(ccc2n3-c2nc(-c3ccccc3)nc(-c3ccccc3)n2)-c2ccc(-c3ccccc3)c3cccc(c23)N4c2ccccc2)cc1. The third kappa shape index (κ3) is 5.37. The number of rotatable bonds is 6. The lowest BCUT2D eigenvalue weighted by Crippen LogP contribution is -2.15. The lowest BCUT2D eigenvalue weighted by atomic mass is 9.86. The van der Waals surface area contributed by atoms with Gasteiger partial charge in [-0.15, -0.1) is 0 Å². The molecule has 0 spiro atoms. The molecule has 0 unspecified atom stereocenters. The van der Waals surface area contributed by atoms with E-state index in [-0.39, 0.29) is 0 Å². The Morgan fingerprint density at radius 1 is 0.333 bits per heavy atom. The molecule has 5 nitrogen and oxygen atoms in total. The zero-order valence-corrected chi connectivity index (χ0v) is 32.4. The van der Waals surface area contributed by atoms with Gasteiger partial charge in [0.25, 0.3) is 0 Å². The van der Waals surface area contributed by atoms with Crippen molar-refractivity contribution < 1.29 is 0 Å². The van der Waals surface area contributed by atoms with Crippen LogP contribution in [0.15, 0.2) is 212 Å². The monoisotopic (exact) mass is 765 g/mol. The second kappa shape index (κ2) is 13.8. The maximum Gasteiger partial charge on any atom is 0.238 e. The van der Waals surface area contributed by atoms with Gasteiger partial charge in [0, 0.05) is 38.5 Å². The smallest absolute Gasteiger partial charge is 0.238 e. The van der Waals surface area contributed by atoms with Crippen molar-refractivity contribution in [3.05, 3.63) is 212 Å². The minimum absolute atomic E-state index is 0.562. The van der Waals surface area contributed by atoms with Gasteiger partial charge in [-0.2, -0.15) is 9.97 Å². The molecule has 0 fully saturated rings. The van der Waals surface area contributed by atoms with Crippen LogP contribution < -0.4 is 4.90 Å². The van der Waals surface area contributed by atoms with Gasteiger partial charge in [-0.1, -0.05) is 176 Å². The first-order valence-corrected chi connectivity index (χ1v) is 20.3. The van der Waals surface area contributed by atoms with Crippen LogP contribution >= 0.6 is 0 Å². The maximum atomic E-state index is 5.27. The molecular formula is C55H35N5. The lowest BCUT2D eigenvalue weighted by Gasteiger charge is -2.34. The highest BCUT2D eigenvalue weighted by molar-refractivity contribution is 6.26. The van der Waals surface area contributed by atoms with Crippen molar-refractivity contribution in [2.75, 3.05) is 4.90 Å². The number of anilines is 3. The standard InChI is InChI=1S/C55H35N5/c1-6-17-36(18-7-1)40-29-33-47-46(35-40)51-49(60(47)55-57-53(38-21-10-3-11-22-38)56-54(58-55)39-23-12-4-13-24-39)34-32-45-44-31-30-42(37-19-8-2-9-20-37)43-27-16-28-48(50(43)44)59(52(45)51)41-25-14-5-15-26-41/h1-35H. The maximum absolute atomic E-state index is 5.27. The average Bonchev–Trinajstić information content (AvgIpc) is 3.67. The molecule has 5 heteroatoms. The van der Waals surface area contributed by atoms with Crippen molar-refractivity contribution in [3.63, 3.8) is 0 Å². The second-order valence-corrected chi connectivity index (χ2v) is 15.2. The fourth-order valence-electron chi connectivity index (χ4n) is 9.10. The molecule has 11 aromatic rings. The largest absolute Gasteiger partial charge is 0.309 e. The summed E-state index contributed by atoms with van der Waals surface area (Å²) < 4.78 is 2.23. The van der Waals surface area contributed by atoms with Crippen LogP contribution in [0, 0.1) is 0 Å². The summed E-state index contributed by atoms with van der Waals surface area (Å²) in [5, 5.41) is 4.70. The van der Waals surface area contributed by atoms with Gasteiger partial charge < -0.3 is 4.90 Å². The Morgan fingerprint density at radius 2 is 0.883 bits per heavy atom. The van der Waals surface area contributed by atoms with E-state index < -0.39 is 0 Å². The first kappa shape index (κ1) is 33.9. The summed E-state index contributed by atoms with van der Waals surface area (Å²) in [6, 6.07) is 75.2. The minimum Gasteiger partial charge on any atom is -0.309 e. The number of hydrogen-bond donors (Lipinski definition) is 0. The summed E-state index contributed by atoms with van der Waals surface area (Å²) in [5.41, 5.74) is 14.3. The van der Waals surface area contributed by atoms with E-state index in [2.05, 4.69) is 185 Å². The van der Waals surface area contributed by atoms with Gasteiger partial charge in [-0.3, -0.25) is 4.57 Å². The summed E-state index contributed by atoms with van der Waals surface area (Å²) in [6.07, 6.45) is 0. The van der Waals surface area contributed by atoms with E-state index in [0.717, 1.165) is 61.1 Å². The molecular weight excluding hydrogens is 731 g/mol. The van der Waals surface area contributed by atoms with E-state index in [1.54, 1.807) is 0 Å². The number of benzene rings is 9. The van der Waals surface area contributed by atoms with Crippen LogP contribution in [0.1, 0.15) is 0 Å². The van der Waals surface area contributed by atoms with Crippen molar-refractivity contribution in [1.82, 2.24) is 19.5 Å². The summed E-state index contributed by atoms with van der Waals surface area (Å²) >= 11 is 0. The predicted molar refractivity (Wildman–Crippen MR) is 247 cm³/mol. The van der Waals surface area contributed by atoms with Crippen molar-refractivity contribution in [2.45, 2.75) is 0 Å². The van der Waals surface area contributed by atoms with Gasteiger partial charge in [0.15, 0.2) is 11.6 Å². The van der Waals surface area contributed by atoms with E-state index in [1.807, 2.05) is 36.4 Å². The highest BCUT2D eigenvalue weighted by atomic mass is 15.2. The molecule has 3 heterocycles. The van der Waals surface area contributed by atoms with E-state index in [4.69, 9.17) is 15.0 Å². The van der Waals surface area contributed by atoms with Gasteiger partial charge in [0.1, 0.15) is 0 Å². The summed E-state index contributed by atoms with van der Waals surface area (Å²) in [4.78, 5) is 18.1. The van der Waals surface area contributed by atoms with Crippen LogP contribution in [0.25, 0.3) is 94.7 Å². The van der Waals surface area contributed by atoms with Crippen molar-refractivity contribution in [1.29, 1.82) is 0 Å². The summed E-state index contributed by atoms with van der Waals surface area (Å²) in [7, 11) is 0. The Kier molecular flexibility index (Phi) is 7.78. The van der Waals surface area contributed by atoms with E-state index in [1.165, 1.54) is 33.0 Å². The van der Waals surface area contributed by atoms with Gasteiger partial charge in [-0.25, -0.2) is 4.98 Å². The average molecular weight is 766 g/mol. The Labute approximate surface area is 347 Å². The topological polar surface area (TPSA) is 46.8 Å². The van der Waals surface area contributed by atoms with Gasteiger partial charge in [-0.05, 0) is 69.6 Å². The second-order valence-electron chi connectivity index (χ2n) is 15.2. The fourth-order valence-corrected chi connectivity index (χ4v) is 9.10. The molecule has 1 aliphatic heterocycles. The van der Waals surface area contributed by atoms with Crippen LogP contribution in [-0.4, -0.2) is 19.5 Å². The van der Waals surface area contributed by atoms with E-state index >= 15 is 0 Å². The summed E-state index contributed by atoms with van der Waals surface area (Å²) in [6.45, 7) is 0. The van der Waals surface area contributed by atoms with Crippen LogP contribution in [-0.2, 0) is 0 Å². The van der Waals surface area contributed by atoms with Gasteiger partial charge in [0.2, 0.25) is 5.95 Å². The third-order valence-corrected chi connectivity index (χ3v) is 11.8. The number of nitrogens with zero attached hydrogens (tertiary/aromatic N) is 5. The van der Waals surface area contributed by atoms with Crippen molar-refractivity contribution in [2.24, 2.45) is 0 Å². The van der Waals surface area contributed by atoms with E-state index in [0.29, 0.717) is 17.6 Å². The molecule has 0 amide bonds. The molecule has 1 aliphatic rings. The van der Waals surface area contributed by atoms with Crippen LogP contribution in [0.3, 0.4) is 0 Å². The number of aromatic nitrogens is 4.